The molecule has 0 radical (unpaired) electrons. The first-order valence-corrected chi connectivity index (χ1v) is 8.61. The number of carbonyl (C=O) groups is 1. The number of aryl methyl sites for hydroxylation is 2. The van der Waals surface area contributed by atoms with Crippen molar-refractivity contribution in [2.24, 2.45) is 0 Å². The predicted octanol–water partition coefficient (Wildman–Crippen LogP) is 4.91. The van der Waals surface area contributed by atoms with Crippen LogP contribution in [0.25, 0.3) is 0 Å². The first kappa shape index (κ1) is 16.6. The maximum atomic E-state index is 12.6. The lowest BCUT2D eigenvalue weighted by atomic mass is 10.00. The Morgan fingerprint density at radius 1 is 1.18 bits per heavy atom. The van der Waals surface area contributed by atoms with Gasteiger partial charge in [0.1, 0.15) is 0 Å². The van der Waals surface area contributed by atoms with Crippen molar-refractivity contribution >= 4 is 17.7 Å². The zero-order chi connectivity index (χ0) is 16.1. The highest BCUT2D eigenvalue weighted by Gasteiger charge is 2.15. The molecule has 116 valence electrons. The first-order chi connectivity index (χ1) is 10.5. The minimum absolute atomic E-state index is 0.00733. The van der Waals surface area contributed by atoms with Crippen LogP contribution in [0.1, 0.15) is 46.9 Å². The van der Waals surface area contributed by atoms with E-state index in [0.717, 1.165) is 16.2 Å². The van der Waals surface area contributed by atoms with Gasteiger partial charge in [-0.05, 0) is 49.8 Å². The van der Waals surface area contributed by atoms with Gasteiger partial charge in [-0.2, -0.15) is 0 Å². The van der Waals surface area contributed by atoms with Gasteiger partial charge in [0.15, 0.2) is 0 Å². The Balaban J connectivity index is 2.20. The maximum absolute atomic E-state index is 12.6. The van der Waals surface area contributed by atoms with Crippen molar-refractivity contribution < 1.29 is 4.79 Å². The molecule has 2 aromatic rings. The fourth-order valence-corrected chi connectivity index (χ4v) is 3.32. The van der Waals surface area contributed by atoms with Crippen LogP contribution in [0.4, 0.5) is 0 Å². The lowest BCUT2D eigenvalue weighted by Crippen LogP contribution is -2.27. The zero-order valence-electron chi connectivity index (χ0n) is 13.6. The number of amides is 1. The molecule has 1 amide bonds. The highest BCUT2D eigenvalue weighted by Crippen LogP contribution is 2.24. The van der Waals surface area contributed by atoms with Gasteiger partial charge in [-0.3, -0.25) is 4.79 Å². The molecule has 0 aliphatic rings. The van der Waals surface area contributed by atoms with E-state index in [1.165, 1.54) is 16.7 Å². The van der Waals surface area contributed by atoms with E-state index in [2.05, 4.69) is 44.3 Å². The molecule has 0 aliphatic carbocycles. The largest absolute Gasteiger partial charge is 0.345 e. The molecule has 2 aromatic carbocycles. The number of rotatable bonds is 5. The Hall–Kier alpha value is -1.74. The molecule has 22 heavy (non-hydrogen) atoms. The van der Waals surface area contributed by atoms with E-state index < -0.39 is 0 Å². The molecule has 0 fully saturated rings. The van der Waals surface area contributed by atoms with Crippen LogP contribution in [0.15, 0.2) is 47.4 Å². The van der Waals surface area contributed by atoms with Crippen molar-refractivity contribution in [1.82, 2.24) is 5.32 Å². The molecule has 0 heterocycles. The number of nitrogens with one attached hydrogen (secondary N) is 1. The average molecular weight is 313 g/mol. The molecule has 0 bridgehead atoms. The standard InChI is InChI=1S/C19H23NOS/c1-5-22-18-9-7-6-8-16(18)19(21)20-15(4)17-12-13(2)10-11-14(17)3/h6-12,15H,5H2,1-4H3,(H,20,21)/t15-/m1/s1. The molecule has 0 spiro atoms. The second kappa shape index (κ2) is 7.50. The van der Waals surface area contributed by atoms with E-state index in [0.29, 0.717) is 0 Å². The van der Waals surface area contributed by atoms with E-state index in [1.807, 2.05) is 31.2 Å². The highest BCUT2D eigenvalue weighted by atomic mass is 32.2. The summed E-state index contributed by atoms with van der Waals surface area (Å²) < 4.78 is 0. The summed E-state index contributed by atoms with van der Waals surface area (Å²) in [5, 5.41) is 3.13. The van der Waals surface area contributed by atoms with Crippen LogP contribution < -0.4 is 5.32 Å². The smallest absolute Gasteiger partial charge is 0.252 e. The van der Waals surface area contributed by atoms with Crippen LogP contribution in [0.3, 0.4) is 0 Å². The Morgan fingerprint density at radius 2 is 1.91 bits per heavy atom. The summed E-state index contributed by atoms with van der Waals surface area (Å²) in [6.45, 7) is 8.29. The van der Waals surface area contributed by atoms with Crippen LogP contribution in [0.2, 0.25) is 0 Å². The third kappa shape index (κ3) is 3.92. The normalized spacial score (nSPS) is 12.0. The van der Waals surface area contributed by atoms with Crippen LogP contribution in [0.5, 0.6) is 0 Å². The summed E-state index contributed by atoms with van der Waals surface area (Å²) in [5.41, 5.74) is 4.35. The summed E-state index contributed by atoms with van der Waals surface area (Å²) in [6, 6.07) is 14.1. The third-order valence-electron chi connectivity index (χ3n) is 3.68. The van der Waals surface area contributed by atoms with E-state index >= 15 is 0 Å². The number of thioether (sulfide) groups is 1. The van der Waals surface area contributed by atoms with Crippen LogP contribution >= 0.6 is 11.8 Å². The quantitative estimate of drug-likeness (QED) is 0.795. The molecule has 2 nitrogen and oxygen atoms in total. The van der Waals surface area contributed by atoms with E-state index in [1.54, 1.807) is 11.8 Å². The van der Waals surface area contributed by atoms with Gasteiger partial charge in [0, 0.05) is 4.90 Å². The van der Waals surface area contributed by atoms with Gasteiger partial charge >= 0.3 is 0 Å². The molecule has 0 aromatic heterocycles. The van der Waals surface area contributed by atoms with Gasteiger partial charge < -0.3 is 5.32 Å². The van der Waals surface area contributed by atoms with Gasteiger partial charge in [0.2, 0.25) is 0 Å². The van der Waals surface area contributed by atoms with Crippen molar-refractivity contribution in [2.75, 3.05) is 5.75 Å². The topological polar surface area (TPSA) is 29.1 Å². The second-order valence-corrected chi connectivity index (χ2v) is 6.79. The van der Waals surface area contributed by atoms with Gasteiger partial charge in [-0.25, -0.2) is 0 Å². The summed E-state index contributed by atoms with van der Waals surface area (Å²) in [5.74, 6) is 0.946. The second-order valence-electron chi connectivity index (χ2n) is 5.48. The minimum atomic E-state index is -0.00930. The van der Waals surface area contributed by atoms with Crippen molar-refractivity contribution in [3.63, 3.8) is 0 Å². The van der Waals surface area contributed by atoms with E-state index in [-0.39, 0.29) is 11.9 Å². The van der Waals surface area contributed by atoms with Gasteiger partial charge in [0.25, 0.3) is 5.91 Å². The Morgan fingerprint density at radius 3 is 2.64 bits per heavy atom. The number of benzene rings is 2. The fraction of sp³-hybridized carbons (Fsp3) is 0.316. The molecular formula is C19H23NOS. The van der Waals surface area contributed by atoms with E-state index in [4.69, 9.17) is 0 Å². The Bertz CT molecular complexity index is 666. The van der Waals surface area contributed by atoms with Crippen molar-refractivity contribution in [3.05, 3.63) is 64.7 Å². The number of hydrogen-bond donors (Lipinski definition) is 1. The number of hydrogen-bond acceptors (Lipinski definition) is 2. The Kier molecular flexibility index (Phi) is 5.67. The average Bonchev–Trinajstić information content (AvgIpc) is 2.50. The zero-order valence-corrected chi connectivity index (χ0v) is 14.5. The highest BCUT2D eigenvalue weighted by molar-refractivity contribution is 7.99. The summed E-state index contributed by atoms with van der Waals surface area (Å²) in [7, 11) is 0. The van der Waals surface area contributed by atoms with Crippen molar-refractivity contribution in [3.8, 4) is 0 Å². The molecule has 1 N–H and O–H groups in total. The monoisotopic (exact) mass is 313 g/mol. The van der Waals surface area contributed by atoms with Crippen LogP contribution in [-0.4, -0.2) is 11.7 Å². The minimum Gasteiger partial charge on any atom is -0.345 e. The lowest BCUT2D eigenvalue weighted by Gasteiger charge is -2.18. The summed E-state index contributed by atoms with van der Waals surface area (Å²) >= 11 is 1.70. The van der Waals surface area contributed by atoms with Crippen molar-refractivity contribution in [2.45, 2.75) is 38.6 Å². The molecule has 0 unspecified atom stereocenters. The van der Waals surface area contributed by atoms with Crippen LogP contribution in [-0.2, 0) is 0 Å². The molecular weight excluding hydrogens is 290 g/mol. The lowest BCUT2D eigenvalue weighted by molar-refractivity contribution is 0.0937. The van der Waals surface area contributed by atoms with E-state index in [9.17, 15) is 4.79 Å². The molecule has 0 saturated heterocycles. The first-order valence-electron chi connectivity index (χ1n) is 7.62. The predicted molar refractivity (Wildman–Crippen MR) is 94.6 cm³/mol. The SMILES string of the molecule is CCSc1ccccc1C(=O)N[C@H](C)c1cc(C)ccc1C. The van der Waals surface area contributed by atoms with Gasteiger partial charge in [-0.15, -0.1) is 11.8 Å². The Labute approximate surface area is 137 Å². The molecule has 1 atom stereocenters. The molecule has 2 rings (SSSR count). The van der Waals surface area contributed by atoms with Crippen LogP contribution in [0, 0.1) is 13.8 Å². The van der Waals surface area contributed by atoms with Gasteiger partial charge in [-0.1, -0.05) is 42.8 Å². The third-order valence-corrected chi connectivity index (χ3v) is 4.64. The van der Waals surface area contributed by atoms with Gasteiger partial charge in [0.05, 0.1) is 11.6 Å². The summed E-state index contributed by atoms with van der Waals surface area (Å²) in [4.78, 5) is 13.6. The van der Waals surface area contributed by atoms with Crippen molar-refractivity contribution in [1.29, 1.82) is 0 Å². The summed E-state index contributed by atoms with van der Waals surface area (Å²) in [6.07, 6.45) is 0. The number of carbonyl (C=O) groups excluding carboxylic acids is 1. The molecule has 0 aliphatic heterocycles. The molecule has 3 heteroatoms. The molecule has 0 saturated carbocycles. The maximum Gasteiger partial charge on any atom is 0.252 e. The fourth-order valence-electron chi connectivity index (χ4n) is 2.51.